The molecule has 6 heteroatoms. The molecule has 1 aromatic carbocycles. The highest BCUT2D eigenvalue weighted by Crippen LogP contribution is 2.20. The van der Waals surface area contributed by atoms with Crippen LogP contribution in [0.25, 0.3) is 11.1 Å². The summed E-state index contributed by atoms with van der Waals surface area (Å²) in [6, 6.07) is 5.27. The Morgan fingerprint density at radius 1 is 1.40 bits per heavy atom. The Morgan fingerprint density at radius 3 is 2.90 bits per heavy atom. The standard InChI is InChI=1S/C14H16N2O4/c1-3-14-16-11-8-10(4-5-12(11)20-14)15-13(18)6-7-19-9(2)17/h4-5,8H,3,6-7H2,1-2H3,(H,15,18). The van der Waals surface area contributed by atoms with Gasteiger partial charge in [-0.25, -0.2) is 4.98 Å². The van der Waals surface area contributed by atoms with Crippen LogP contribution in [0.1, 0.15) is 26.2 Å². The fourth-order valence-corrected chi connectivity index (χ4v) is 1.72. The molecule has 6 nitrogen and oxygen atoms in total. The lowest BCUT2D eigenvalue weighted by Crippen LogP contribution is -2.15. The number of carbonyl (C=O) groups excluding carboxylic acids is 2. The van der Waals surface area contributed by atoms with Gasteiger partial charge in [0.1, 0.15) is 12.1 Å². The zero-order valence-electron chi connectivity index (χ0n) is 11.4. The molecule has 0 bridgehead atoms. The minimum Gasteiger partial charge on any atom is -0.465 e. The number of carbonyl (C=O) groups is 2. The number of aromatic nitrogens is 1. The van der Waals surface area contributed by atoms with Gasteiger partial charge in [0, 0.05) is 19.0 Å². The number of hydrogen-bond acceptors (Lipinski definition) is 5. The number of oxazole rings is 1. The molecule has 0 atom stereocenters. The summed E-state index contributed by atoms with van der Waals surface area (Å²) in [5, 5.41) is 2.72. The molecule has 0 aliphatic rings. The Bertz CT molecular complexity index is 633. The van der Waals surface area contributed by atoms with E-state index in [4.69, 9.17) is 9.15 Å². The zero-order chi connectivity index (χ0) is 14.5. The van der Waals surface area contributed by atoms with E-state index in [-0.39, 0.29) is 18.9 Å². The van der Waals surface area contributed by atoms with E-state index in [2.05, 4.69) is 10.3 Å². The fourth-order valence-electron chi connectivity index (χ4n) is 1.72. The van der Waals surface area contributed by atoms with Gasteiger partial charge in [0.2, 0.25) is 5.91 Å². The van der Waals surface area contributed by atoms with Gasteiger partial charge in [-0.15, -0.1) is 0 Å². The van der Waals surface area contributed by atoms with Crippen LogP contribution >= 0.6 is 0 Å². The lowest BCUT2D eigenvalue weighted by Gasteiger charge is -2.05. The van der Waals surface area contributed by atoms with Crippen molar-refractivity contribution >= 4 is 28.7 Å². The van der Waals surface area contributed by atoms with Crippen LogP contribution in [0, 0.1) is 0 Å². The predicted molar refractivity (Wildman–Crippen MR) is 73.3 cm³/mol. The third-order valence-electron chi connectivity index (χ3n) is 2.65. The Kier molecular flexibility index (Phi) is 4.34. The lowest BCUT2D eigenvalue weighted by molar-refractivity contribution is -0.141. The Labute approximate surface area is 116 Å². The smallest absolute Gasteiger partial charge is 0.302 e. The summed E-state index contributed by atoms with van der Waals surface area (Å²) in [5.74, 6) is 0.0528. The maximum atomic E-state index is 11.6. The first-order valence-electron chi connectivity index (χ1n) is 6.41. The van der Waals surface area contributed by atoms with Gasteiger partial charge >= 0.3 is 5.97 Å². The number of nitrogens with zero attached hydrogens (tertiary/aromatic N) is 1. The Hall–Kier alpha value is -2.37. The minimum absolute atomic E-state index is 0.0767. The number of esters is 1. The highest BCUT2D eigenvalue weighted by Gasteiger charge is 2.07. The molecule has 1 aromatic heterocycles. The molecule has 0 fully saturated rings. The number of benzene rings is 1. The van der Waals surface area contributed by atoms with Gasteiger partial charge in [0.05, 0.1) is 6.42 Å². The van der Waals surface area contributed by atoms with Crippen LogP contribution in [0.4, 0.5) is 5.69 Å². The van der Waals surface area contributed by atoms with Crippen molar-refractivity contribution in [3.05, 3.63) is 24.1 Å². The quantitative estimate of drug-likeness (QED) is 0.847. The highest BCUT2D eigenvalue weighted by atomic mass is 16.5. The van der Waals surface area contributed by atoms with Crippen molar-refractivity contribution in [3.8, 4) is 0 Å². The van der Waals surface area contributed by atoms with Gasteiger partial charge in [-0.3, -0.25) is 9.59 Å². The first-order chi connectivity index (χ1) is 9.58. The van der Waals surface area contributed by atoms with Crippen molar-refractivity contribution in [2.24, 2.45) is 0 Å². The number of aryl methyl sites for hydroxylation is 1. The summed E-state index contributed by atoms with van der Waals surface area (Å²) in [6.45, 7) is 3.34. The van der Waals surface area contributed by atoms with Gasteiger partial charge in [-0.1, -0.05) is 6.92 Å². The molecule has 0 saturated heterocycles. The third-order valence-corrected chi connectivity index (χ3v) is 2.65. The van der Waals surface area contributed by atoms with Crippen molar-refractivity contribution in [1.29, 1.82) is 0 Å². The van der Waals surface area contributed by atoms with E-state index in [1.807, 2.05) is 6.92 Å². The molecule has 106 valence electrons. The number of rotatable bonds is 5. The second kappa shape index (κ2) is 6.18. The predicted octanol–water partition coefficient (Wildman–Crippen LogP) is 2.28. The van der Waals surface area contributed by atoms with Crippen molar-refractivity contribution in [3.63, 3.8) is 0 Å². The number of anilines is 1. The second-order valence-electron chi connectivity index (χ2n) is 4.28. The van der Waals surface area contributed by atoms with Gasteiger partial charge in [-0.05, 0) is 18.2 Å². The number of hydrogen-bond donors (Lipinski definition) is 1. The van der Waals surface area contributed by atoms with Gasteiger partial charge in [0.15, 0.2) is 11.5 Å². The molecule has 0 spiro atoms. The van der Waals surface area contributed by atoms with Crippen molar-refractivity contribution in [1.82, 2.24) is 4.98 Å². The second-order valence-corrected chi connectivity index (χ2v) is 4.28. The molecular weight excluding hydrogens is 260 g/mol. The molecule has 2 rings (SSSR count). The van der Waals surface area contributed by atoms with Crippen molar-refractivity contribution in [2.75, 3.05) is 11.9 Å². The van der Waals surface area contributed by atoms with Crippen LogP contribution in [0.5, 0.6) is 0 Å². The molecular formula is C14H16N2O4. The summed E-state index contributed by atoms with van der Waals surface area (Å²) >= 11 is 0. The van der Waals surface area contributed by atoms with E-state index >= 15 is 0 Å². The monoisotopic (exact) mass is 276 g/mol. The number of amides is 1. The molecule has 0 saturated carbocycles. The largest absolute Gasteiger partial charge is 0.465 e. The van der Waals surface area contributed by atoms with Crippen LogP contribution in [0.2, 0.25) is 0 Å². The average molecular weight is 276 g/mol. The zero-order valence-corrected chi connectivity index (χ0v) is 11.4. The normalized spacial score (nSPS) is 10.5. The molecule has 0 aliphatic carbocycles. The van der Waals surface area contributed by atoms with Gasteiger partial charge < -0.3 is 14.5 Å². The van der Waals surface area contributed by atoms with E-state index in [0.717, 1.165) is 6.42 Å². The summed E-state index contributed by atoms with van der Waals surface area (Å²) < 4.78 is 10.2. The summed E-state index contributed by atoms with van der Waals surface area (Å²) in [4.78, 5) is 26.5. The Morgan fingerprint density at radius 2 is 2.20 bits per heavy atom. The molecule has 1 heterocycles. The Balaban J connectivity index is 1.98. The van der Waals surface area contributed by atoms with Gasteiger partial charge in [-0.2, -0.15) is 0 Å². The average Bonchev–Trinajstić information content (AvgIpc) is 2.80. The van der Waals surface area contributed by atoms with E-state index in [9.17, 15) is 9.59 Å². The third kappa shape index (κ3) is 3.57. The van der Waals surface area contributed by atoms with Crippen LogP contribution in [0.3, 0.4) is 0 Å². The van der Waals surface area contributed by atoms with Crippen LogP contribution in [-0.4, -0.2) is 23.5 Å². The van der Waals surface area contributed by atoms with Crippen LogP contribution in [-0.2, 0) is 20.7 Å². The SMILES string of the molecule is CCc1nc2cc(NC(=O)CCOC(C)=O)ccc2o1. The molecule has 0 unspecified atom stereocenters. The molecule has 2 aromatic rings. The van der Waals surface area contributed by atoms with Crippen LogP contribution < -0.4 is 5.32 Å². The van der Waals surface area contributed by atoms with Crippen molar-refractivity contribution < 1.29 is 18.7 Å². The van der Waals surface area contributed by atoms with E-state index in [1.54, 1.807) is 18.2 Å². The summed E-state index contributed by atoms with van der Waals surface area (Å²) in [6.07, 6.45) is 0.843. The number of ether oxygens (including phenoxy) is 1. The first kappa shape index (κ1) is 14.0. The molecule has 1 N–H and O–H groups in total. The minimum atomic E-state index is -0.395. The molecule has 0 radical (unpaired) electrons. The molecule has 0 aliphatic heterocycles. The summed E-state index contributed by atoms with van der Waals surface area (Å²) in [5.41, 5.74) is 2.04. The number of nitrogens with one attached hydrogen (secondary N) is 1. The van der Waals surface area contributed by atoms with E-state index < -0.39 is 5.97 Å². The first-order valence-corrected chi connectivity index (χ1v) is 6.41. The van der Waals surface area contributed by atoms with Gasteiger partial charge in [0.25, 0.3) is 0 Å². The highest BCUT2D eigenvalue weighted by molar-refractivity contribution is 5.92. The van der Waals surface area contributed by atoms with E-state index in [1.165, 1.54) is 6.92 Å². The van der Waals surface area contributed by atoms with Crippen LogP contribution in [0.15, 0.2) is 22.6 Å². The fraction of sp³-hybridized carbons (Fsp3) is 0.357. The van der Waals surface area contributed by atoms with E-state index in [0.29, 0.717) is 22.7 Å². The van der Waals surface area contributed by atoms with Crippen molar-refractivity contribution in [2.45, 2.75) is 26.7 Å². The topological polar surface area (TPSA) is 81.4 Å². The number of fused-ring (bicyclic) bond motifs is 1. The maximum absolute atomic E-state index is 11.6. The lowest BCUT2D eigenvalue weighted by atomic mass is 10.2. The maximum Gasteiger partial charge on any atom is 0.302 e. The summed E-state index contributed by atoms with van der Waals surface area (Å²) in [7, 11) is 0. The molecule has 20 heavy (non-hydrogen) atoms. The molecule has 1 amide bonds.